The maximum Gasteiger partial charge on any atom is 0.0592 e. The van der Waals surface area contributed by atoms with Gasteiger partial charge in [0.2, 0.25) is 0 Å². The lowest BCUT2D eigenvalue weighted by Crippen LogP contribution is -2.43. The van der Waals surface area contributed by atoms with E-state index in [0.717, 1.165) is 38.9 Å². The predicted octanol–water partition coefficient (Wildman–Crippen LogP) is 1.72. The van der Waals surface area contributed by atoms with E-state index in [1.807, 2.05) is 12.4 Å². The number of likely N-dealkylation sites (tertiary alicyclic amines) is 1. The Kier molecular flexibility index (Phi) is 4.51. The summed E-state index contributed by atoms with van der Waals surface area (Å²) in [7, 11) is 0. The van der Waals surface area contributed by atoms with Gasteiger partial charge in [-0.25, -0.2) is 0 Å². The Hall–Kier alpha value is -0.930. The minimum Gasteiger partial charge on any atom is -0.393 e. The number of aromatic nitrogens is 1. The molecule has 0 amide bonds. The summed E-state index contributed by atoms with van der Waals surface area (Å²) in [5.41, 5.74) is 1.35. The lowest BCUT2D eigenvalue weighted by Gasteiger charge is -2.35. The molecule has 1 N–H and O–H groups in total. The Morgan fingerprint density at radius 2 is 2.18 bits per heavy atom. The van der Waals surface area contributed by atoms with Crippen molar-refractivity contribution in [3.63, 3.8) is 0 Å². The van der Waals surface area contributed by atoms with Crippen LogP contribution in [0, 0.1) is 5.92 Å². The van der Waals surface area contributed by atoms with Crippen LogP contribution < -0.4 is 0 Å². The first kappa shape index (κ1) is 12.5. The van der Waals surface area contributed by atoms with Gasteiger partial charge in [-0.15, -0.1) is 0 Å². The summed E-state index contributed by atoms with van der Waals surface area (Å²) >= 11 is 0. The van der Waals surface area contributed by atoms with E-state index >= 15 is 0 Å². The fraction of sp³-hybridized carbons (Fsp3) is 0.643. The molecule has 3 heteroatoms. The minimum atomic E-state index is -0.0859. The molecule has 1 aromatic rings. The Labute approximate surface area is 103 Å². The van der Waals surface area contributed by atoms with Crippen molar-refractivity contribution in [2.45, 2.75) is 32.3 Å². The van der Waals surface area contributed by atoms with Crippen molar-refractivity contribution < 1.29 is 5.11 Å². The number of hydrogen-bond donors (Lipinski definition) is 1. The van der Waals surface area contributed by atoms with Gasteiger partial charge >= 0.3 is 0 Å². The van der Waals surface area contributed by atoms with Crippen molar-refractivity contribution in [1.29, 1.82) is 0 Å². The molecule has 0 aliphatic carbocycles. The molecule has 1 saturated heterocycles. The van der Waals surface area contributed by atoms with E-state index in [2.05, 4.69) is 28.9 Å². The number of rotatable bonds is 4. The van der Waals surface area contributed by atoms with Crippen molar-refractivity contribution >= 4 is 0 Å². The van der Waals surface area contributed by atoms with Gasteiger partial charge in [-0.05, 0) is 42.9 Å². The molecule has 2 heterocycles. The number of piperidine rings is 1. The Bertz CT molecular complexity index is 328. The first-order valence-electron chi connectivity index (χ1n) is 6.59. The fourth-order valence-electron chi connectivity index (χ4n) is 2.54. The summed E-state index contributed by atoms with van der Waals surface area (Å²) in [4.78, 5) is 6.50. The SMILES string of the molecule is CCC1CN(CCc2ccncc2)CCC1O. The van der Waals surface area contributed by atoms with Crippen molar-refractivity contribution in [3.05, 3.63) is 30.1 Å². The first-order chi connectivity index (χ1) is 8.29. The minimum absolute atomic E-state index is 0.0859. The standard InChI is InChI=1S/C14H22N2O/c1-2-13-11-16(10-6-14(13)17)9-5-12-3-7-15-8-4-12/h3-4,7-8,13-14,17H,2,5-6,9-11H2,1H3. The van der Waals surface area contributed by atoms with Gasteiger partial charge in [0.15, 0.2) is 0 Å². The van der Waals surface area contributed by atoms with E-state index < -0.39 is 0 Å². The zero-order valence-corrected chi connectivity index (χ0v) is 10.5. The highest BCUT2D eigenvalue weighted by molar-refractivity contribution is 5.09. The zero-order valence-electron chi connectivity index (χ0n) is 10.5. The predicted molar refractivity (Wildman–Crippen MR) is 68.8 cm³/mol. The third-order valence-corrected chi connectivity index (χ3v) is 3.77. The van der Waals surface area contributed by atoms with Crippen molar-refractivity contribution in [2.75, 3.05) is 19.6 Å². The number of hydrogen-bond acceptors (Lipinski definition) is 3. The van der Waals surface area contributed by atoms with E-state index in [4.69, 9.17) is 0 Å². The van der Waals surface area contributed by atoms with E-state index in [9.17, 15) is 5.11 Å². The highest BCUT2D eigenvalue weighted by Crippen LogP contribution is 2.20. The van der Waals surface area contributed by atoms with Crippen LogP contribution in [-0.4, -0.2) is 40.7 Å². The molecule has 0 aromatic carbocycles. The molecule has 94 valence electrons. The van der Waals surface area contributed by atoms with Crippen molar-refractivity contribution in [2.24, 2.45) is 5.92 Å². The Morgan fingerprint density at radius 1 is 1.41 bits per heavy atom. The van der Waals surface area contributed by atoms with Crippen molar-refractivity contribution in [1.82, 2.24) is 9.88 Å². The van der Waals surface area contributed by atoms with Crippen LogP contribution in [0.15, 0.2) is 24.5 Å². The highest BCUT2D eigenvalue weighted by Gasteiger charge is 2.25. The molecular formula is C14H22N2O. The molecule has 1 fully saturated rings. The first-order valence-corrected chi connectivity index (χ1v) is 6.59. The maximum atomic E-state index is 9.84. The van der Waals surface area contributed by atoms with E-state index in [0.29, 0.717) is 5.92 Å². The molecule has 2 rings (SSSR count). The van der Waals surface area contributed by atoms with Crippen LogP contribution >= 0.6 is 0 Å². The summed E-state index contributed by atoms with van der Waals surface area (Å²) in [5, 5.41) is 9.84. The van der Waals surface area contributed by atoms with Gasteiger partial charge in [-0.1, -0.05) is 6.92 Å². The summed E-state index contributed by atoms with van der Waals surface area (Å²) in [5.74, 6) is 0.459. The van der Waals surface area contributed by atoms with Gasteiger partial charge in [-0.2, -0.15) is 0 Å². The average Bonchev–Trinajstić information content (AvgIpc) is 2.39. The average molecular weight is 234 g/mol. The molecule has 3 nitrogen and oxygen atoms in total. The monoisotopic (exact) mass is 234 g/mol. The Morgan fingerprint density at radius 3 is 2.88 bits per heavy atom. The largest absolute Gasteiger partial charge is 0.393 e. The van der Waals surface area contributed by atoms with Crippen LogP contribution in [0.5, 0.6) is 0 Å². The zero-order chi connectivity index (χ0) is 12.1. The highest BCUT2D eigenvalue weighted by atomic mass is 16.3. The molecule has 0 saturated carbocycles. The summed E-state index contributed by atoms with van der Waals surface area (Å²) in [6, 6.07) is 4.16. The molecule has 17 heavy (non-hydrogen) atoms. The lowest BCUT2D eigenvalue weighted by atomic mass is 9.92. The quantitative estimate of drug-likeness (QED) is 0.861. The molecule has 0 bridgehead atoms. The Balaban J connectivity index is 1.80. The molecule has 0 radical (unpaired) electrons. The lowest BCUT2D eigenvalue weighted by molar-refractivity contribution is 0.0256. The number of aliphatic hydroxyl groups excluding tert-OH is 1. The second-order valence-corrected chi connectivity index (χ2v) is 4.93. The molecule has 2 unspecified atom stereocenters. The number of nitrogens with zero attached hydrogens (tertiary/aromatic N) is 2. The van der Waals surface area contributed by atoms with Gasteiger partial charge in [0, 0.05) is 32.0 Å². The summed E-state index contributed by atoms with van der Waals surface area (Å²) in [6.07, 6.45) is 6.70. The van der Waals surface area contributed by atoms with Gasteiger partial charge in [0.05, 0.1) is 6.10 Å². The van der Waals surface area contributed by atoms with Gasteiger partial charge < -0.3 is 10.0 Å². The van der Waals surface area contributed by atoms with Gasteiger partial charge in [0.25, 0.3) is 0 Å². The normalized spacial score (nSPS) is 26.0. The molecule has 0 spiro atoms. The second kappa shape index (κ2) is 6.12. The molecule has 2 atom stereocenters. The van der Waals surface area contributed by atoms with E-state index in [-0.39, 0.29) is 6.10 Å². The van der Waals surface area contributed by atoms with Crippen LogP contribution in [0.4, 0.5) is 0 Å². The fourth-order valence-corrected chi connectivity index (χ4v) is 2.54. The molecule has 1 aromatic heterocycles. The molecule has 1 aliphatic rings. The molecular weight excluding hydrogens is 212 g/mol. The maximum absolute atomic E-state index is 9.84. The molecule has 1 aliphatic heterocycles. The number of aliphatic hydroxyl groups is 1. The van der Waals surface area contributed by atoms with Crippen LogP contribution in [0.25, 0.3) is 0 Å². The van der Waals surface area contributed by atoms with E-state index in [1.54, 1.807) is 0 Å². The van der Waals surface area contributed by atoms with Crippen LogP contribution in [0.3, 0.4) is 0 Å². The summed E-state index contributed by atoms with van der Waals surface area (Å²) in [6.45, 7) is 5.33. The van der Waals surface area contributed by atoms with Crippen LogP contribution in [0.2, 0.25) is 0 Å². The van der Waals surface area contributed by atoms with Crippen molar-refractivity contribution in [3.8, 4) is 0 Å². The third kappa shape index (κ3) is 3.51. The van der Waals surface area contributed by atoms with Crippen LogP contribution in [0.1, 0.15) is 25.3 Å². The van der Waals surface area contributed by atoms with E-state index in [1.165, 1.54) is 5.56 Å². The second-order valence-electron chi connectivity index (χ2n) is 4.93. The summed E-state index contributed by atoms with van der Waals surface area (Å²) < 4.78 is 0. The van der Waals surface area contributed by atoms with Gasteiger partial charge in [0.1, 0.15) is 0 Å². The topological polar surface area (TPSA) is 36.4 Å². The smallest absolute Gasteiger partial charge is 0.0592 e. The number of pyridine rings is 1. The van der Waals surface area contributed by atoms with Crippen LogP contribution in [-0.2, 0) is 6.42 Å². The third-order valence-electron chi connectivity index (χ3n) is 3.77. The van der Waals surface area contributed by atoms with Gasteiger partial charge in [-0.3, -0.25) is 4.98 Å².